The zero-order chi connectivity index (χ0) is 13.9. The van der Waals surface area contributed by atoms with Crippen molar-refractivity contribution in [2.24, 2.45) is 7.05 Å². The Balaban J connectivity index is 1.82. The maximum atomic E-state index is 9.58. The van der Waals surface area contributed by atoms with Crippen molar-refractivity contribution in [3.63, 3.8) is 0 Å². The number of nitrogens with one attached hydrogen (secondary N) is 1. The van der Waals surface area contributed by atoms with E-state index in [0.717, 1.165) is 42.8 Å². The molecule has 0 amide bonds. The molecule has 20 heavy (non-hydrogen) atoms. The van der Waals surface area contributed by atoms with Crippen molar-refractivity contribution in [2.75, 3.05) is 5.32 Å². The predicted molar refractivity (Wildman–Crippen MR) is 78.3 cm³/mol. The maximum Gasteiger partial charge on any atom is 0.165 e. The van der Waals surface area contributed by atoms with E-state index in [1.807, 2.05) is 23.7 Å². The summed E-state index contributed by atoms with van der Waals surface area (Å²) < 4.78 is 1.92. The van der Waals surface area contributed by atoms with Crippen LogP contribution in [-0.4, -0.2) is 32.0 Å². The van der Waals surface area contributed by atoms with E-state index in [1.54, 1.807) is 6.33 Å². The van der Waals surface area contributed by atoms with Gasteiger partial charge in [-0.25, -0.2) is 0 Å². The SMILES string of the molecule is Cn1cnnc1-c1ccccc1NC1CCC(O)CC1. The number of hydrogen-bond acceptors (Lipinski definition) is 4. The van der Waals surface area contributed by atoms with Gasteiger partial charge in [0.25, 0.3) is 0 Å². The second-order valence-corrected chi connectivity index (χ2v) is 5.46. The molecule has 0 atom stereocenters. The fourth-order valence-electron chi connectivity index (χ4n) is 2.77. The molecule has 1 heterocycles. The van der Waals surface area contributed by atoms with Crippen LogP contribution < -0.4 is 5.32 Å². The van der Waals surface area contributed by atoms with E-state index in [2.05, 4.69) is 27.6 Å². The monoisotopic (exact) mass is 272 g/mol. The summed E-state index contributed by atoms with van der Waals surface area (Å²) in [5.74, 6) is 0.865. The standard InChI is InChI=1S/C15H20N4O/c1-19-10-16-18-15(19)13-4-2-3-5-14(13)17-11-6-8-12(20)9-7-11/h2-5,10-12,17,20H,6-9H2,1H3. The summed E-state index contributed by atoms with van der Waals surface area (Å²) >= 11 is 0. The van der Waals surface area contributed by atoms with Crippen LogP contribution in [0.25, 0.3) is 11.4 Å². The van der Waals surface area contributed by atoms with Gasteiger partial charge in [0.2, 0.25) is 0 Å². The van der Waals surface area contributed by atoms with Crippen LogP contribution >= 0.6 is 0 Å². The normalized spacial score (nSPS) is 22.7. The smallest absolute Gasteiger partial charge is 0.165 e. The van der Waals surface area contributed by atoms with E-state index in [-0.39, 0.29) is 6.10 Å². The largest absolute Gasteiger partial charge is 0.393 e. The number of nitrogens with zero attached hydrogens (tertiary/aromatic N) is 3. The molecule has 1 aromatic carbocycles. The van der Waals surface area contributed by atoms with E-state index in [9.17, 15) is 5.11 Å². The van der Waals surface area contributed by atoms with E-state index < -0.39 is 0 Å². The Morgan fingerprint density at radius 2 is 1.95 bits per heavy atom. The first-order valence-corrected chi connectivity index (χ1v) is 7.12. The number of para-hydroxylation sites is 1. The van der Waals surface area contributed by atoms with E-state index in [1.165, 1.54) is 0 Å². The van der Waals surface area contributed by atoms with E-state index in [0.29, 0.717) is 6.04 Å². The zero-order valence-corrected chi connectivity index (χ0v) is 11.7. The first kappa shape index (κ1) is 13.1. The van der Waals surface area contributed by atoms with Crippen LogP contribution in [0.1, 0.15) is 25.7 Å². The molecule has 1 saturated carbocycles. The second-order valence-electron chi connectivity index (χ2n) is 5.46. The molecule has 1 aliphatic carbocycles. The molecule has 5 heteroatoms. The third-order valence-corrected chi connectivity index (χ3v) is 3.94. The predicted octanol–water partition coefficient (Wildman–Crippen LogP) is 2.20. The lowest BCUT2D eigenvalue weighted by Gasteiger charge is -2.27. The van der Waals surface area contributed by atoms with Gasteiger partial charge in [0.05, 0.1) is 6.10 Å². The molecule has 0 radical (unpaired) electrons. The van der Waals surface area contributed by atoms with Gasteiger partial charge in [-0.1, -0.05) is 12.1 Å². The van der Waals surface area contributed by atoms with Crippen LogP contribution in [0.4, 0.5) is 5.69 Å². The summed E-state index contributed by atoms with van der Waals surface area (Å²) in [4.78, 5) is 0. The number of hydrogen-bond donors (Lipinski definition) is 2. The molecule has 0 unspecified atom stereocenters. The van der Waals surface area contributed by atoms with Gasteiger partial charge in [-0.3, -0.25) is 0 Å². The van der Waals surface area contributed by atoms with Crippen molar-refractivity contribution < 1.29 is 5.11 Å². The molecule has 0 spiro atoms. The Bertz CT molecular complexity index is 573. The number of aromatic nitrogens is 3. The van der Waals surface area contributed by atoms with Gasteiger partial charge >= 0.3 is 0 Å². The molecule has 106 valence electrons. The van der Waals surface area contributed by atoms with Gasteiger partial charge in [0, 0.05) is 24.3 Å². The first-order valence-electron chi connectivity index (χ1n) is 7.12. The lowest BCUT2D eigenvalue weighted by atomic mass is 9.93. The van der Waals surface area contributed by atoms with Crippen LogP contribution in [0.5, 0.6) is 0 Å². The third kappa shape index (κ3) is 2.67. The highest BCUT2D eigenvalue weighted by Crippen LogP contribution is 2.29. The van der Waals surface area contributed by atoms with Crippen LogP contribution in [0.15, 0.2) is 30.6 Å². The fourth-order valence-corrected chi connectivity index (χ4v) is 2.77. The van der Waals surface area contributed by atoms with Crippen LogP contribution in [0, 0.1) is 0 Å². The summed E-state index contributed by atoms with van der Waals surface area (Å²) in [5, 5.41) is 21.3. The minimum absolute atomic E-state index is 0.123. The minimum atomic E-state index is -0.123. The van der Waals surface area contributed by atoms with Crippen molar-refractivity contribution in [3.05, 3.63) is 30.6 Å². The third-order valence-electron chi connectivity index (χ3n) is 3.94. The molecule has 0 saturated heterocycles. The molecular formula is C15H20N4O. The Morgan fingerprint density at radius 1 is 1.20 bits per heavy atom. The van der Waals surface area contributed by atoms with E-state index in [4.69, 9.17) is 0 Å². The van der Waals surface area contributed by atoms with E-state index >= 15 is 0 Å². The molecule has 0 aliphatic heterocycles. The average molecular weight is 272 g/mol. The molecular weight excluding hydrogens is 252 g/mol. The molecule has 1 aliphatic rings. The number of anilines is 1. The lowest BCUT2D eigenvalue weighted by molar-refractivity contribution is 0.126. The number of aliphatic hydroxyl groups is 1. The number of aryl methyl sites for hydroxylation is 1. The number of benzene rings is 1. The Morgan fingerprint density at radius 3 is 2.65 bits per heavy atom. The minimum Gasteiger partial charge on any atom is -0.393 e. The average Bonchev–Trinajstić information content (AvgIpc) is 2.88. The Labute approximate surface area is 118 Å². The summed E-state index contributed by atoms with van der Waals surface area (Å²) in [6, 6.07) is 8.60. The lowest BCUT2D eigenvalue weighted by Crippen LogP contribution is -2.28. The van der Waals surface area contributed by atoms with Crippen LogP contribution in [-0.2, 0) is 7.05 Å². The molecule has 5 nitrogen and oxygen atoms in total. The molecule has 0 bridgehead atoms. The van der Waals surface area contributed by atoms with Crippen molar-refractivity contribution in [2.45, 2.75) is 37.8 Å². The van der Waals surface area contributed by atoms with Gasteiger partial charge in [-0.05, 0) is 37.8 Å². The Kier molecular flexibility index (Phi) is 3.69. The van der Waals surface area contributed by atoms with Crippen molar-refractivity contribution in [3.8, 4) is 11.4 Å². The molecule has 2 N–H and O–H groups in total. The highest BCUT2D eigenvalue weighted by atomic mass is 16.3. The number of aliphatic hydroxyl groups excluding tert-OH is 1. The van der Waals surface area contributed by atoms with Crippen molar-refractivity contribution in [1.82, 2.24) is 14.8 Å². The molecule has 3 rings (SSSR count). The summed E-state index contributed by atoms with van der Waals surface area (Å²) in [6.45, 7) is 0. The zero-order valence-electron chi connectivity index (χ0n) is 11.7. The summed E-state index contributed by atoms with van der Waals surface area (Å²) in [6.07, 6.45) is 5.36. The fraction of sp³-hybridized carbons (Fsp3) is 0.467. The molecule has 2 aromatic rings. The van der Waals surface area contributed by atoms with Crippen LogP contribution in [0.3, 0.4) is 0 Å². The summed E-state index contributed by atoms with van der Waals surface area (Å²) in [7, 11) is 1.95. The molecule has 1 aromatic heterocycles. The highest BCUT2D eigenvalue weighted by molar-refractivity contribution is 5.73. The van der Waals surface area contributed by atoms with Gasteiger partial charge in [-0.2, -0.15) is 0 Å². The van der Waals surface area contributed by atoms with Crippen molar-refractivity contribution in [1.29, 1.82) is 0 Å². The quantitative estimate of drug-likeness (QED) is 0.899. The number of rotatable bonds is 3. The maximum absolute atomic E-state index is 9.58. The molecule has 1 fully saturated rings. The van der Waals surface area contributed by atoms with Gasteiger partial charge in [-0.15, -0.1) is 10.2 Å². The highest BCUT2D eigenvalue weighted by Gasteiger charge is 2.20. The van der Waals surface area contributed by atoms with Gasteiger partial charge in [0.1, 0.15) is 6.33 Å². The topological polar surface area (TPSA) is 63.0 Å². The second kappa shape index (κ2) is 5.63. The van der Waals surface area contributed by atoms with Crippen LogP contribution in [0.2, 0.25) is 0 Å². The summed E-state index contributed by atoms with van der Waals surface area (Å²) in [5.41, 5.74) is 2.16. The van der Waals surface area contributed by atoms with Gasteiger partial charge in [0.15, 0.2) is 5.82 Å². The van der Waals surface area contributed by atoms with Gasteiger partial charge < -0.3 is 15.0 Å². The Hall–Kier alpha value is -1.88. The van der Waals surface area contributed by atoms with Crippen molar-refractivity contribution >= 4 is 5.69 Å². The first-order chi connectivity index (χ1) is 9.74.